The van der Waals surface area contributed by atoms with Crippen molar-refractivity contribution in [3.8, 4) is 0 Å². The quantitative estimate of drug-likeness (QED) is 0.840. The van der Waals surface area contributed by atoms with Crippen LogP contribution in [-0.4, -0.2) is 15.7 Å². The molecule has 0 aliphatic heterocycles. The maximum Gasteiger partial charge on any atom is 0.224 e. The Morgan fingerprint density at radius 2 is 1.95 bits per heavy atom. The van der Waals surface area contributed by atoms with Gasteiger partial charge in [-0.15, -0.1) is 0 Å². The van der Waals surface area contributed by atoms with Crippen molar-refractivity contribution in [3.63, 3.8) is 0 Å². The smallest absolute Gasteiger partial charge is 0.224 e. The summed E-state index contributed by atoms with van der Waals surface area (Å²) in [5.74, 6) is 0.0152. The van der Waals surface area contributed by atoms with Crippen LogP contribution in [0.1, 0.15) is 29.3 Å². The highest BCUT2D eigenvalue weighted by molar-refractivity contribution is 5.78. The highest BCUT2D eigenvalue weighted by Crippen LogP contribution is 2.08. The molecule has 1 heterocycles. The van der Waals surface area contributed by atoms with Crippen LogP contribution >= 0.6 is 0 Å². The molecule has 0 fully saturated rings. The number of aryl methyl sites for hydroxylation is 2. The summed E-state index contributed by atoms with van der Waals surface area (Å²) in [6.45, 7) is 3.11. The van der Waals surface area contributed by atoms with E-state index in [0.29, 0.717) is 19.5 Å². The normalized spacial score (nSPS) is 10.6. The van der Waals surface area contributed by atoms with Crippen molar-refractivity contribution in [2.24, 2.45) is 12.8 Å². The van der Waals surface area contributed by atoms with Crippen LogP contribution in [0.2, 0.25) is 0 Å². The lowest BCUT2D eigenvalue weighted by Gasteiger charge is -2.06. The number of hydrogen-bond donors (Lipinski definition) is 2. The minimum Gasteiger partial charge on any atom is -0.352 e. The van der Waals surface area contributed by atoms with E-state index < -0.39 is 0 Å². The zero-order valence-corrected chi connectivity index (χ0v) is 12.6. The largest absolute Gasteiger partial charge is 0.352 e. The van der Waals surface area contributed by atoms with Gasteiger partial charge in [0.2, 0.25) is 5.91 Å². The maximum absolute atomic E-state index is 12.0. The molecule has 0 bridgehead atoms. The van der Waals surface area contributed by atoms with Gasteiger partial charge in [-0.05, 0) is 17.5 Å². The highest BCUT2D eigenvalue weighted by Gasteiger charge is 2.08. The van der Waals surface area contributed by atoms with Gasteiger partial charge in [0, 0.05) is 31.9 Å². The zero-order valence-electron chi connectivity index (χ0n) is 12.6. The Kier molecular flexibility index (Phi) is 5.11. The van der Waals surface area contributed by atoms with Crippen molar-refractivity contribution in [2.45, 2.75) is 32.9 Å². The molecule has 5 nitrogen and oxygen atoms in total. The van der Waals surface area contributed by atoms with E-state index in [1.54, 1.807) is 4.68 Å². The van der Waals surface area contributed by atoms with Crippen molar-refractivity contribution in [2.75, 3.05) is 0 Å². The van der Waals surface area contributed by atoms with Crippen LogP contribution in [-0.2, 0) is 37.8 Å². The van der Waals surface area contributed by atoms with Gasteiger partial charge in [0.15, 0.2) is 0 Å². The van der Waals surface area contributed by atoms with Gasteiger partial charge in [-0.3, -0.25) is 9.48 Å². The molecule has 21 heavy (non-hydrogen) atoms. The first-order valence-electron chi connectivity index (χ1n) is 7.18. The first-order chi connectivity index (χ1) is 10.1. The molecule has 1 aromatic carbocycles. The van der Waals surface area contributed by atoms with E-state index in [9.17, 15) is 4.79 Å². The summed E-state index contributed by atoms with van der Waals surface area (Å²) in [6, 6.07) is 7.81. The molecule has 0 aliphatic rings. The second-order valence-electron chi connectivity index (χ2n) is 5.10. The van der Waals surface area contributed by atoms with Crippen LogP contribution in [0.3, 0.4) is 0 Å². The van der Waals surface area contributed by atoms with Gasteiger partial charge in [0.25, 0.3) is 0 Å². The van der Waals surface area contributed by atoms with E-state index in [2.05, 4.69) is 17.3 Å². The van der Waals surface area contributed by atoms with Crippen LogP contribution in [0.4, 0.5) is 0 Å². The summed E-state index contributed by atoms with van der Waals surface area (Å²) in [6.07, 6.45) is 3.20. The fraction of sp³-hybridized carbons (Fsp3) is 0.375. The Labute approximate surface area is 125 Å². The highest BCUT2D eigenvalue weighted by atomic mass is 16.1. The Morgan fingerprint density at radius 3 is 2.57 bits per heavy atom. The number of hydrogen-bond acceptors (Lipinski definition) is 3. The van der Waals surface area contributed by atoms with Crippen molar-refractivity contribution >= 4 is 5.91 Å². The maximum atomic E-state index is 12.0. The molecule has 2 aromatic rings. The molecule has 0 atom stereocenters. The lowest BCUT2D eigenvalue weighted by atomic mass is 10.1. The van der Waals surface area contributed by atoms with Crippen LogP contribution < -0.4 is 11.1 Å². The predicted molar refractivity (Wildman–Crippen MR) is 82.5 cm³/mol. The molecule has 112 valence electrons. The summed E-state index contributed by atoms with van der Waals surface area (Å²) in [4.78, 5) is 12.0. The number of nitrogens with one attached hydrogen (secondary N) is 1. The summed E-state index contributed by atoms with van der Waals surface area (Å²) < 4.78 is 1.78. The molecule has 0 aliphatic carbocycles. The first kappa shape index (κ1) is 15.3. The van der Waals surface area contributed by atoms with Gasteiger partial charge >= 0.3 is 0 Å². The summed E-state index contributed by atoms with van der Waals surface area (Å²) >= 11 is 0. The number of carbonyl (C=O) groups is 1. The molecule has 2 rings (SSSR count). The molecular formula is C16H22N4O. The number of nitrogens with two attached hydrogens (primary N) is 1. The fourth-order valence-corrected chi connectivity index (χ4v) is 2.26. The lowest BCUT2D eigenvalue weighted by Crippen LogP contribution is -2.24. The van der Waals surface area contributed by atoms with E-state index in [1.165, 1.54) is 0 Å². The predicted octanol–water partition coefficient (Wildman–Crippen LogP) is 1.30. The average Bonchev–Trinajstić information content (AvgIpc) is 2.86. The molecule has 0 radical (unpaired) electrons. The van der Waals surface area contributed by atoms with Gasteiger partial charge in [0.05, 0.1) is 12.1 Å². The van der Waals surface area contributed by atoms with Crippen LogP contribution in [0.15, 0.2) is 30.5 Å². The fourth-order valence-electron chi connectivity index (χ4n) is 2.26. The molecular weight excluding hydrogens is 264 g/mol. The third-order valence-corrected chi connectivity index (χ3v) is 3.43. The summed E-state index contributed by atoms with van der Waals surface area (Å²) in [5, 5.41) is 7.31. The van der Waals surface area contributed by atoms with E-state index in [-0.39, 0.29) is 5.91 Å². The molecule has 0 unspecified atom stereocenters. The lowest BCUT2D eigenvalue weighted by molar-refractivity contribution is -0.120. The Morgan fingerprint density at radius 1 is 1.29 bits per heavy atom. The minimum absolute atomic E-state index is 0.0152. The Balaban J connectivity index is 1.89. The number of amides is 1. The SMILES string of the molecule is CCc1nn(C)cc1CNC(=O)Cc1ccc(CN)cc1. The van der Waals surface area contributed by atoms with E-state index in [0.717, 1.165) is 28.8 Å². The monoisotopic (exact) mass is 286 g/mol. The van der Waals surface area contributed by atoms with Crippen LogP contribution in [0.25, 0.3) is 0 Å². The molecule has 1 amide bonds. The van der Waals surface area contributed by atoms with Gasteiger partial charge in [-0.2, -0.15) is 5.10 Å². The third-order valence-electron chi connectivity index (χ3n) is 3.43. The number of rotatable bonds is 6. The third kappa shape index (κ3) is 4.16. The standard InChI is InChI=1S/C16H22N4O/c1-3-15-14(11-20(2)19-15)10-18-16(21)8-12-4-6-13(9-17)7-5-12/h4-7,11H,3,8-10,17H2,1-2H3,(H,18,21). The molecule has 0 saturated heterocycles. The number of carbonyl (C=O) groups excluding carboxylic acids is 1. The zero-order chi connectivity index (χ0) is 15.2. The topological polar surface area (TPSA) is 72.9 Å². The van der Waals surface area contributed by atoms with Gasteiger partial charge in [-0.1, -0.05) is 31.2 Å². The second kappa shape index (κ2) is 7.04. The van der Waals surface area contributed by atoms with E-state index >= 15 is 0 Å². The second-order valence-corrected chi connectivity index (χ2v) is 5.10. The number of nitrogens with zero attached hydrogens (tertiary/aromatic N) is 2. The van der Waals surface area contributed by atoms with Gasteiger partial charge in [0.1, 0.15) is 0 Å². The summed E-state index contributed by atoms with van der Waals surface area (Å²) in [7, 11) is 1.89. The van der Waals surface area contributed by atoms with E-state index in [4.69, 9.17) is 5.73 Å². The van der Waals surface area contributed by atoms with Crippen molar-refractivity contribution < 1.29 is 4.79 Å². The number of aromatic nitrogens is 2. The Hall–Kier alpha value is -2.14. The molecule has 3 N–H and O–H groups in total. The first-order valence-corrected chi connectivity index (χ1v) is 7.18. The van der Waals surface area contributed by atoms with Gasteiger partial charge in [-0.25, -0.2) is 0 Å². The van der Waals surface area contributed by atoms with Crippen molar-refractivity contribution in [1.82, 2.24) is 15.1 Å². The molecule has 1 aromatic heterocycles. The average molecular weight is 286 g/mol. The van der Waals surface area contributed by atoms with Gasteiger partial charge < -0.3 is 11.1 Å². The molecule has 5 heteroatoms. The summed E-state index contributed by atoms with van der Waals surface area (Å²) in [5.41, 5.74) is 9.73. The van der Waals surface area contributed by atoms with Crippen molar-refractivity contribution in [3.05, 3.63) is 52.8 Å². The number of benzene rings is 1. The van der Waals surface area contributed by atoms with E-state index in [1.807, 2.05) is 37.5 Å². The molecule has 0 saturated carbocycles. The Bertz CT molecular complexity index is 601. The van der Waals surface area contributed by atoms with Crippen LogP contribution in [0.5, 0.6) is 0 Å². The van der Waals surface area contributed by atoms with Crippen LogP contribution in [0, 0.1) is 0 Å². The molecule has 0 spiro atoms. The van der Waals surface area contributed by atoms with Crippen molar-refractivity contribution in [1.29, 1.82) is 0 Å². The minimum atomic E-state index is 0.0152.